The second-order valence-corrected chi connectivity index (χ2v) is 7.48. The maximum Gasteiger partial charge on any atom is 0.269 e. The maximum absolute atomic E-state index is 13.1. The number of carbonyl (C=O) groups is 1. The molecule has 3 heterocycles. The summed E-state index contributed by atoms with van der Waals surface area (Å²) in [7, 11) is 2.06. The first-order chi connectivity index (χ1) is 13.5. The Balaban J connectivity index is 1.59. The predicted octanol–water partition coefficient (Wildman–Crippen LogP) is 1.60. The highest BCUT2D eigenvalue weighted by Crippen LogP contribution is 2.37. The van der Waals surface area contributed by atoms with Crippen LogP contribution in [0.15, 0.2) is 42.7 Å². The molecular weight excluding hydrogens is 358 g/mol. The highest BCUT2D eigenvalue weighted by Gasteiger charge is 2.41. The standard InChI is InChI=1S/C20H23N5O3/c1-23-7-8-24-18-5-4-16(25(27)28)9-15(18)10-17(19(24)13-23)20(26)22-12-14-3-2-6-21-11-14/h2-6,9,11,17,19H,7-8,10,12-13H2,1H3,(H,22,26)/t17-,19-/m1/s1. The predicted molar refractivity (Wildman–Crippen MR) is 105 cm³/mol. The molecular formula is C20H23N5O3. The van der Waals surface area contributed by atoms with Gasteiger partial charge in [-0.05, 0) is 36.7 Å². The highest BCUT2D eigenvalue weighted by atomic mass is 16.6. The van der Waals surface area contributed by atoms with Crippen molar-refractivity contribution in [2.45, 2.75) is 19.0 Å². The normalized spacial score (nSPS) is 21.5. The molecule has 0 bridgehead atoms. The highest BCUT2D eigenvalue weighted by molar-refractivity contribution is 5.82. The van der Waals surface area contributed by atoms with Gasteiger partial charge in [0.2, 0.25) is 5.91 Å². The van der Waals surface area contributed by atoms with Gasteiger partial charge in [-0.2, -0.15) is 0 Å². The molecule has 2 aromatic rings. The van der Waals surface area contributed by atoms with Gasteiger partial charge in [-0.15, -0.1) is 0 Å². The van der Waals surface area contributed by atoms with E-state index in [-0.39, 0.29) is 28.5 Å². The van der Waals surface area contributed by atoms with Crippen LogP contribution in [0.25, 0.3) is 0 Å². The van der Waals surface area contributed by atoms with Gasteiger partial charge in [0.1, 0.15) is 0 Å². The van der Waals surface area contributed by atoms with Crippen molar-refractivity contribution in [1.29, 1.82) is 0 Å². The number of carbonyl (C=O) groups excluding carboxylic acids is 1. The largest absolute Gasteiger partial charge is 0.365 e. The van der Waals surface area contributed by atoms with Gasteiger partial charge < -0.3 is 15.1 Å². The Morgan fingerprint density at radius 3 is 2.96 bits per heavy atom. The van der Waals surface area contributed by atoms with Crippen molar-refractivity contribution in [2.24, 2.45) is 5.92 Å². The first-order valence-corrected chi connectivity index (χ1v) is 9.42. The van der Waals surface area contributed by atoms with Gasteiger partial charge in [0.15, 0.2) is 0 Å². The van der Waals surface area contributed by atoms with Crippen molar-refractivity contribution >= 4 is 17.3 Å². The van der Waals surface area contributed by atoms with Crippen LogP contribution in [0.5, 0.6) is 0 Å². The molecule has 8 nitrogen and oxygen atoms in total. The third-order valence-corrected chi connectivity index (χ3v) is 5.64. The summed E-state index contributed by atoms with van der Waals surface area (Å²) in [6.45, 7) is 2.92. The Morgan fingerprint density at radius 1 is 1.36 bits per heavy atom. The van der Waals surface area contributed by atoms with Crippen LogP contribution in [-0.4, -0.2) is 53.4 Å². The van der Waals surface area contributed by atoms with Crippen LogP contribution < -0.4 is 10.2 Å². The van der Waals surface area contributed by atoms with E-state index in [0.29, 0.717) is 13.0 Å². The summed E-state index contributed by atoms with van der Waals surface area (Å²) >= 11 is 0. The number of non-ortho nitro benzene ring substituents is 1. The van der Waals surface area contributed by atoms with E-state index >= 15 is 0 Å². The second-order valence-electron chi connectivity index (χ2n) is 7.48. The minimum Gasteiger partial charge on any atom is -0.365 e. The lowest BCUT2D eigenvalue weighted by molar-refractivity contribution is -0.384. The average Bonchev–Trinajstić information content (AvgIpc) is 2.71. The van der Waals surface area contributed by atoms with Gasteiger partial charge >= 0.3 is 0 Å². The van der Waals surface area contributed by atoms with Crippen LogP contribution in [-0.2, 0) is 17.8 Å². The molecule has 0 unspecified atom stereocenters. The van der Waals surface area contributed by atoms with Crippen molar-refractivity contribution in [2.75, 3.05) is 31.6 Å². The van der Waals surface area contributed by atoms with Gasteiger partial charge in [0.05, 0.1) is 16.9 Å². The van der Waals surface area contributed by atoms with Crippen LogP contribution in [0.2, 0.25) is 0 Å². The third kappa shape index (κ3) is 3.55. The van der Waals surface area contributed by atoms with Gasteiger partial charge in [-0.25, -0.2) is 0 Å². The Hall–Kier alpha value is -3.00. The summed E-state index contributed by atoms with van der Waals surface area (Å²) in [6.07, 6.45) is 3.94. The summed E-state index contributed by atoms with van der Waals surface area (Å²) in [5.74, 6) is -0.278. The average molecular weight is 381 g/mol. The number of nitrogens with zero attached hydrogens (tertiary/aromatic N) is 4. The maximum atomic E-state index is 13.1. The molecule has 0 radical (unpaired) electrons. The molecule has 2 atom stereocenters. The number of rotatable bonds is 4. The fraction of sp³-hybridized carbons (Fsp3) is 0.400. The first kappa shape index (κ1) is 18.4. The third-order valence-electron chi connectivity index (χ3n) is 5.64. The van der Waals surface area contributed by atoms with Crippen molar-refractivity contribution < 1.29 is 9.72 Å². The summed E-state index contributed by atoms with van der Waals surface area (Å²) in [4.78, 5) is 32.4. The van der Waals surface area contributed by atoms with Crippen molar-refractivity contribution in [3.63, 3.8) is 0 Å². The number of nitrogens with one attached hydrogen (secondary N) is 1. The van der Waals surface area contributed by atoms with Crippen LogP contribution in [0.1, 0.15) is 11.1 Å². The molecule has 146 valence electrons. The fourth-order valence-electron chi connectivity index (χ4n) is 4.19. The molecule has 2 aliphatic rings. The number of nitro groups is 1. The number of nitro benzene ring substituents is 1. The lowest BCUT2D eigenvalue weighted by Crippen LogP contribution is -2.60. The molecule has 0 saturated carbocycles. The molecule has 8 heteroatoms. The zero-order valence-electron chi connectivity index (χ0n) is 15.7. The molecule has 0 spiro atoms. The molecule has 1 aromatic carbocycles. The van der Waals surface area contributed by atoms with E-state index in [4.69, 9.17) is 0 Å². The van der Waals surface area contributed by atoms with E-state index in [0.717, 1.165) is 36.4 Å². The van der Waals surface area contributed by atoms with Crippen molar-refractivity contribution in [3.8, 4) is 0 Å². The Kier molecular flexibility index (Phi) is 4.95. The summed E-state index contributed by atoms with van der Waals surface area (Å²) in [6, 6.07) is 8.82. The van der Waals surface area contributed by atoms with Crippen molar-refractivity contribution in [3.05, 3.63) is 64.0 Å². The van der Waals surface area contributed by atoms with E-state index < -0.39 is 0 Å². The summed E-state index contributed by atoms with van der Waals surface area (Å²) < 4.78 is 0. The van der Waals surface area contributed by atoms with E-state index in [1.807, 2.05) is 18.2 Å². The summed E-state index contributed by atoms with van der Waals surface area (Å²) in [5, 5.41) is 14.2. The van der Waals surface area contributed by atoms with Crippen LogP contribution in [0, 0.1) is 16.0 Å². The van der Waals surface area contributed by atoms with Gasteiger partial charge in [0, 0.05) is 56.4 Å². The van der Waals surface area contributed by atoms with E-state index in [2.05, 4.69) is 27.1 Å². The molecule has 1 fully saturated rings. The number of benzene rings is 1. The summed E-state index contributed by atoms with van der Waals surface area (Å²) in [5.41, 5.74) is 2.90. The monoisotopic (exact) mass is 381 g/mol. The number of amides is 1. The number of piperazine rings is 1. The number of hydrogen-bond acceptors (Lipinski definition) is 6. The minimum atomic E-state index is -0.381. The molecule has 28 heavy (non-hydrogen) atoms. The minimum absolute atomic E-state index is 0.0219. The molecule has 1 amide bonds. The SMILES string of the molecule is CN1CCN2c3ccc([N+](=O)[O-])cc3C[C@@H](C(=O)NCc3cccnc3)[C@H]2C1. The quantitative estimate of drug-likeness (QED) is 0.639. The molecule has 2 aliphatic heterocycles. The van der Waals surface area contributed by atoms with Crippen LogP contribution in [0.3, 0.4) is 0 Å². The lowest BCUT2D eigenvalue weighted by Gasteiger charge is -2.48. The molecule has 1 N–H and O–H groups in total. The number of likely N-dealkylation sites (N-methyl/N-ethyl adjacent to an activating group) is 1. The van der Waals surface area contributed by atoms with E-state index in [9.17, 15) is 14.9 Å². The smallest absolute Gasteiger partial charge is 0.269 e. The number of hydrogen-bond donors (Lipinski definition) is 1. The van der Waals surface area contributed by atoms with E-state index in [1.54, 1.807) is 24.5 Å². The first-order valence-electron chi connectivity index (χ1n) is 9.42. The number of fused-ring (bicyclic) bond motifs is 3. The Bertz CT molecular complexity index is 889. The van der Waals surface area contributed by atoms with E-state index in [1.165, 1.54) is 0 Å². The van der Waals surface area contributed by atoms with Gasteiger partial charge in [-0.1, -0.05) is 6.07 Å². The molecule has 4 rings (SSSR count). The zero-order valence-corrected chi connectivity index (χ0v) is 15.7. The number of aromatic nitrogens is 1. The molecule has 1 saturated heterocycles. The molecule has 1 aromatic heterocycles. The Labute approximate surface area is 163 Å². The fourth-order valence-corrected chi connectivity index (χ4v) is 4.19. The number of anilines is 1. The van der Waals surface area contributed by atoms with Gasteiger partial charge in [0.25, 0.3) is 5.69 Å². The number of pyridine rings is 1. The van der Waals surface area contributed by atoms with Crippen molar-refractivity contribution in [1.82, 2.24) is 15.2 Å². The topological polar surface area (TPSA) is 91.6 Å². The lowest BCUT2D eigenvalue weighted by atomic mass is 9.83. The zero-order chi connectivity index (χ0) is 19.7. The van der Waals surface area contributed by atoms with Gasteiger partial charge in [-0.3, -0.25) is 19.9 Å². The second kappa shape index (κ2) is 7.55. The Morgan fingerprint density at radius 2 is 2.21 bits per heavy atom. The van der Waals surface area contributed by atoms with Crippen LogP contribution >= 0.6 is 0 Å². The van der Waals surface area contributed by atoms with Crippen LogP contribution in [0.4, 0.5) is 11.4 Å². The molecule has 0 aliphatic carbocycles.